The molecule has 0 radical (unpaired) electrons. The molecular formula is C9H16N2O5S. The van der Waals surface area contributed by atoms with Crippen LogP contribution in [0.3, 0.4) is 0 Å². The van der Waals surface area contributed by atoms with Crippen LogP contribution in [0.15, 0.2) is 0 Å². The van der Waals surface area contributed by atoms with Gasteiger partial charge in [0.1, 0.15) is 17.9 Å². The Morgan fingerprint density at radius 3 is 2.24 bits per heavy atom. The summed E-state index contributed by atoms with van der Waals surface area (Å²) in [6.07, 6.45) is 0.0356. The molecule has 2 atom stereocenters. The number of aliphatic carboxylic acids is 2. The van der Waals surface area contributed by atoms with E-state index in [1.165, 1.54) is 0 Å². The first-order valence-electron chi connectivity index (χ1n) is 4.95. The lowest BCUT2D eigenvalue weighted by Crippen LogP contribution is -2.41. The van der Waals surface area contributed by atoms with Crippen molar-refractivity contribution in [3.63, 3.8) is 0 Å². The van der Waals surface area contributed by atoms with Crippen molar-refractivity contribution in [2.45, 2.75) is 24.9 Å². The Labute approximate surface area is 104 Å². The molecule has 0 fully saturated rings. The van der Waals surface area contributed by atoms with E-state index in [0.717, 1.165) is 0 Å². The van der Waals surface area contributed by atoms with Gasteiger partial charge in [-0.3, -0.25) is 19.7 Å². The van der Waals surface area contributed by atoms with E-state index in [9.17, 15) is 14.4 Å². The Hall–Kier alpha value is -1.12. The lowest BCUT2D eigenvalue weighted by Gasteiger charge is -2.11. The highest BCUT2D eigenvalue weighted by Gasteiger charge is 2.17. The predicted molar refractivity (Wildman–Crippen MR) is 63.1 cm³/mol. The number of thiol groups is 1. The second kappa shape index (κ2) is 8.04. The zero-order valence-corrected chi connectivity index (χ0v) is 10.0. The number of nitrogens with two attached hydrogens (primary N) is 1. The van der Waals surface area contributed by atoms with Gasteiger partial charge in [0, 0.05) is 12.2 Å². The monoisotopic (exact) mass is 264 g/mol. The summed E-state index contributed by atoms with van der Waals surface area (Å²) in [6.45, 7) is -0.135. The molecule has 17 heavy (non-hydrogen) atoms. The highest BCUT2D eigenvalue weighted by Crippen LogP contribution is 1.96. The third-order valence-electron chi connectivity index (χ3n) is 2.08. The second-order valence-electron chi connectivity index (χ2n) is 3.48. The van der Waals surface area contributed by atoms with Crippen LogP contribution in [0.25, 0.3) is 0 Å². The normalized spacial score (nSPS) is 14.0. The van der Waals surface area contributed by atoms with Gasteiger partial charge in [-0.15, -0.1) is 0 Å². The number of carbonyl (C=O) groups excluding carboxylic acids is 1. The molecule has 0 heterocycles. The third-order valence-corrected chi connectivity index (χ3v) is 2.44. The van der Waals surface area contributed by atoms with Gasteiger partial charge in [-0.2, -0.15) is 12.6 Å². The number of Topliss-reactive ketones (excluding diaryl/α,β-unsaturated/α-hetero) is 1. The maximum absolute atomic E-state index is 11.3. The molecule has 0 saturated heterocycles. The molecule has 8 heteroatoms. The van der Waals surface area contributed by atoms with E-state index < -0.39 is 24.0 Å². The van der Waals surface area contributed by atoms with Crippen LogP contribution in [-0.4, -0.2) is 52.3 Å². The van der Waals surface area contributed by atoms with Gasteiger partial charge in [-0.05, 0) is 6.42 Å². The van der Waals surface area contributed by atoms with Crippen LogP contribution in [0.2, 0.25) is 0 Å². The standard InChI is InChI=1S/C9H16N2O5S/c10-6(8(13)14)2-1-5(12)3-11-7(4-17)9(15)16/h6-7,11,17H,1-4,10H2,(H,13,14)(H,15,16)/t6-,7-/m0/s1. The minimum absolute atomic E-state index is 0.000618. The Bertz CT molecular complexity index is 297. The number of ketones is 1. The van der Waals surface area contributed by atoms with Gasteiger partial charge in [0.25, 0.3) is 0 Å². The molecule has 0 aromatic carbocycles. The third kappa shape index (κ3) is 6.93. The van der Waals surface area contributed by atoms with Crippen molar-refractivity contribution in [2.24, 2.45) is 5.73 Å². The fourth-order valence-corrected chi connectivity index (χ4v) is 1.28. The maximum Gasteiger partial charge on any atom is 0.321 e. The summed E-state index contributed by atoms with van der Waals surface area (Å²) >= 11 is 3.82. The van der Waals surface area contributed by atoms with Crippen molar-refractivity contribution in [3.05, 3.63) is 0 Å². The Morgan fingerprint density at radius 1 is 1.24 bits per heavy atom. The van der Waals surface area contributed by atoms with Crippen LogP contribution in [-0.2, 0) is 14.4 Å². The van der Waals surface area contributed by atoms with E-state index in [1.807, 2.05) is 0 Å². The number of carbonyl (C=O) groups is 3. The first-order valence-corrected chi connectivity index (χ1v) is 5.58. The minimum atomic E-state index is -1.16. The Kier molecular flexibility index (Phi) is 7.51. The maximum atomic E-state index is 11.3. The summed E-state index contributed by atoms with van der Waals surface area (Å²) in [4.78, 5) is 32.2. The van der Waals surface area contributed by atoms with E-state index in [0.29, 0.717) is 0 Å². The Morgan fingerprint density at radius 2 is 1.82 bits per heavy atom. The SMILES string of the molecule is N[C@@H](CCC(=O)CN[C@@H](CS)C(=O)O)C(=O)O. The molecule has 7 nitrogen and oxygen atoms in total. The number of rotatable bonds is 9. The van der Waals surface area contributed by atoms with Gasteiger partial charge >= 0.3 is 11.9 Å². The summed E-state index contributed by atoms with van der Waals surface area (Å²) in [7, 11) is 0. The van der Waals surface area contributed by atoms with Crippen molar-refractivity contribution in [1.82, 2.24) is 5.32 Å². The summed E-state index contributed by atoms with van der Waals surface area (Å²) in [5.74, 6) is -2.47. The highest BCUT2D eigenvalue weighted by atomic mass is 32.1. The second-order valence-corrected chi connectivity index (χ2v) is 3.84. The molecule has 0 unspecified atom stereocenters. The van der Waals surface area contributed by atoms with E-state index in [2.05, 4.69) is 17.9 Å². The van der Waals surface area contributed by atoms with Crippen molar-refractivity contribution in [3.8, 4) is 0 Å². The number of nitrogens with one attached hydrogen (secondary N) is 1. The molecule has 0 spiro atoms. The van der Waals surface area contributed by atoms with Crippen molar-refractivity contribution in [1.29, 1.82) is 0 Å². The van der Waals surface area contributed by atoms with Gasteiger partial charge in [0.05, 0.1) is 6.54 Å². The van der Waals surface area contributed by atoms with Gasteiger partial charge in [-0.25, -0.2) is 0 Å². The lowest BCUT2D eigenvalue weighted by molar-refractivity contribution is -0.139. The van der Waals surface area contributed by atoms with E-state index >= 15 is 0 Å². The van der Waals surface area contributed by atoms with Crippen molar-refractivity contribution < 1.29 is 24.6 Å². The highest BCUT2D eigenvalue weighted by molar-refractivity contribution is 7.80. The van der Waals surface area contributed by atoms with Gasteiger partial charge in [0.15, 0.2) is 0 Å². The zero-order chi connectivity index (χ0) is 13.4. The van der Waals surface area contributed by atoms with Crippen LogP contribution >= 0.6 is 12.6 Å². The van der Waals surface area contributed by atoms with Crippen LogP contribution in [0.1, 0.15) is 12.8 Å². The molecular weight excluding hydrogens is 248 g/mol. The van der Waals surface area contributed by atoms with Gasteiger partial charge in [-0.1, -0.05) is 0 Å². The van der Waals surface area contributed by atoms with E-state index in [-0.39, 0.29) is 30.9 Å². The summed E-state index contributed by atoms with van der Waals surface area (Å²) in [5.41, 5.74) is 5.22. The average molecular weight is 264 g/mol. The first-order chi connectivity index (χ1) is 7.88. The fourth-order valence-electron chi connectivity index (χ4n) is 0.995. The van der Waals surface area contributed by atoms with E-state index in [1.54, 1.807) is 0 Å². The molecule has 5 N–H and O–H groups in total. The molecule has 0 aliphatic carbocycles. The molecule has 0 saturated carbocycles. The molecule has 0 aliphatic heterocycles. The quantitative estimate of drug-likeness (QED) is 0.328. The lowest BCUT2D eigenvalue weighted by atomic mass is 10.1. The summed E-state index contributed by atoms with van der Waals surface area (Å²) in [6, 6.07) is -1.96. The Balaban J connectivity index is 3.87. The molecule has 0 bridgehead atoms. The number of carboxylic acids is 2. The van der Waals surface area contributed by atoms with Crippen molar-refractivity contribution >= 4 is 30.4 Å². The largest absolute Gasteiger partial charge is 0.480 e. The zero-order valence-electron chi connectivity index (χ0n) is 9.13. The number of carboxylic acid groups (broad SMARTS) is 2. The van der Waals surface area contributed by atoms with Gasteiger partial charge in [0.2, 0.25) is 0 Å². The topological polar surface area (TPSA) is 130 Å². The molecule has 0 aromatic rings. The predicted octanol–water partition coefficient (Wildman–Crippen LogP) is -1.28. The molecule has 0 rings (SSSR count). The smallest absolute Gasteiger partial charge is 0.321 e. The molecule has 98 valence electrons. The minimum Gasteiger partial charge on any atom is -0.480 e. The number of hydrogen-bond donors (Lipinski definition) is 5. The van der Waals surface area contributed by atoms with Crippen molar-refractivity contribution in [2.75, 3.05) is 12.3 Å². The average Bonchev–Trinajstić information content (AvgIpc) is 2.25. The van der Waals surface area contributed by atoms with Gasteiger partial charge < -0.3 is 15.9 Å². The van der Waals surface area contributed by atoms with E-state index in [4.69, 9.17) is 15.9 Å². The van der Waals surface area contributed by atoms with Crippen LogP contribution in [0.5, 0.6) is 0 Å². The first kappa shape index (κ1) is 15.9. The summed E-state index contributed by atoms with van der Waals surface area (Å²) < 4.78 is 0. The number of hydrogen-bond acceptors (Lipinski definition) is 6. The summed E-state index contributed by atoms with van der Waals surface area (Å²) in [5, 5.41) is 19.6. The molecule has 0 amide bonds. The van der Waals surface area contributed by atoms with Crippen LogP contribution in [0, 0.1) is 0 Å². The molecule has 0 aliphatic rings. The molecule has 0 aromatic heterocycles. The van der Waals surface area contributed by atoms with Crippen LogP contribution in [0.4, 0.5) is 0 Å². The fraction of sp³-hybridized carbons (Fsp3) is 0.667. The van der Waals surface area contributed by atoms with Crippen LogP contribution < -0.4 is 11.1 Å².